The van der Waals surface area contributed by atoms with Crippen LogP contribution in [0.1, 0.15) is 25.0 Å². The molecule has 1 atom stereocenters. The molecule has 0 aromatic carbocycles. The van der Waals surface area contributed by atoms with Gasteiger partial charge in [-0.25, -0.2) is 0 Å². The average Bonchev–Trinajstić information content (AvgIpc) is 2.51. The Morgan fingerprint density at radius 3 is 2.60 bits per heavy atom. The van der Waals surface area contributed by atoms with E-state index in [0.717, 1.165) is 0 Å². The third-order valence-corrected chi connectivity index (χ3v) is 3.32. The molecule has 0 fully saturated rings. The number of hydrogen-bond acceptors (Lipinski definition) is 3. The van der Waals surface area contributed by atoms with Gasteiger partial charge in [0.15, 0.2) is 0 Å². The van der Waals surface area contributed by atoms with Gasteiger partial charge in [-0.15, -0.1) is 0 Å². The average molecular weight is 227 g/mol. The minimum Gasteiger partial charge on any atom is -0.480 e. The lowest BCUT2D eigenvalue weighted by Crippen LogP contribution is -2.40. The fourth-order valence-electron chi connectivity index (χ4n) is 1.40. The zero-order chi connectivity index (χ0) is 11.4. The van der Waals surface area contributed by atoms with Crippen molar-refractivity contribution in [1.82, 2.24) is 5.32 Å². The first-order valence-electron chi connectivity index (χ1n) is 5.00. The molecule has 4 heteroatoms. The summed E-state index contributed by atoms with van der Waals surface area (Å²) in [7, 11) is 0. The summed E-state index contributed by atoms with van der Waals surface area (Å²) in [4.78, 5) is 10.9. The van der Waals surface area contributed by atoms with Gasteiger partial charge in [0, 0.05) is 6.54 Å². The van der Waals surface area contributed by atoms with Crippen molar-refractivity contribution in [2.45, 2.75) is 33.4 Å². The molecule has 1 aromatic rings. The highest BCUT2D eigenvalue weighted by Gasteiger charge is 2.20. The van der Waals surface area contributed by atoms with Gasteiger partial charge < -0.3 is 10.4 Å². The number of aliphatic carboxylic acids is 1. The Bertz CT molecular complexity index is 333. The molecular weight excluding hydrogens is 210 g/mol. The zero-order valence-electron chi connectivity index (χ0n) is 9.28. The predicted molar refractivity (Wildman–Crippen MR) is 62.2 cm³/mol. The fraction of sp³-hybridized carbons (Fsp3) is 0.545. The third-order valence-electron chi connectivity index (χ3n) is 2.41. The van der Waals surface area contributed by atoms with E-state index in [4.69, 9.17) is 5.11 Å². The van der Waals surface area contributed by atoms with E-state index in [0.29, 0.717) is 6.54 Å². The fourth-order valence-corrected chi connectivity index (χ4v) is 2.25. The molecule has 0 bridgehead atoms. The van der Waals surface area contributed by atoms with Crippen molar-refractivity contribution in [3.05, 3.63) is 21.9 Å². The van der Waals surface area contributed by atoms with Gasteiger partial charge in [0.05, 0.1) is 0 Å². The van der Waals surface area contributed by atoms with Crippen LogP contribution in [-0.4, -0.2) is 17.1 Å². The van der Waals surface area contributed by atoms with E-state index >= 15 is 0 Å². The molecule has 0 saturated heterocycles. The molecule has 0 aliphatic heterocycles. The molecule has 84 valence electrons. The van der Waals surface area contributed by atoms with Crippen molar-refractivity contribution >= 4 is 17.3 Å². The molecule has 0 amide bonds. The number of carboxylic acid groups (broad SMARTS) is 1. The highest BCUT2D eigenvalue weighted by atomic mass is 32.1. The quantitative estimate of drug-likeness (QED) is 0.811. The summed E-state index contributed by atoms with van der Waals surface area (Å²) < 4.78 is 0. The van der Waals surface area contributed by atoms with Crippen LogP contribution in [-0.2, 0) is 11.3 Å². The molecule has 1 unspecified atom stereocenters. The van der Waals surface area contributed by atoms with Crippen LogP contribution >= 0.6 is 11.3 Å². The number of hydrogen-bond donors (Lipinski definition) is 2. The van der Waals surface area contributed by atoms with Crippen LogP contribution in [0.25, 0.3) is 0 Å². The van der Waals surface area contributed by atoms with E-state index in [1.807, 2.05) is 20.8 Å². The lowest BCUT2D eigenvalue weighted by Gasteiger charge is -2.17. The molecule has 15 heavy (non-hydrogen) atoms. The van der Waals surface area contributed by atoms with E-state index in [9.17, 15) is 4.79 Å². The summed E-state index contributed by atoms with van der Waals surface area (Å²) in [6.07, 6.45) is 0. The lowest BCUT2D eigenvalue weighted by molar-refractivity contribution is -0.140. The van der Waals surface area contributed by atoms with Gasteiger partial charge in [0.2, 0.25) is 0 Å². The smallest absolute Gasteiger partial charge is 0.320 e. The van der Waals surface area contributed by atoms with Gasteiger partial charge in [-0.05, 0) is 34.7 Å². The number of aryl methyl sites for hydroxylation is 1. The maximum Gasteiger partial charge on any atom is 0.320 e. The normalized spacial score (nSPS) is 13.1. The van der Waals surface area contributed by atoms with Gasteiger partial charge in [0.25, 0.3) is 0 Å². The van der Waals surface area contributed by atoms with E-state index < -0.39 is 12.0 Å². The topological polar surface area (TPSA) is 49.3 Å². The molecule has 0 saturated carbocycles. The summed E-state index contributed by atoms with van der Waals surface area (Å²) in [5.41, 5.74) is 2.41. The van der Waals surface area contributed by atoms with Crippen LogP contribution in [0.2, 0.25) is 0 Å². The summed E-state index contributed by atoms with van der Waals surface area (Å²) in [5, 5.41) is 16.2. The first-order chi connectivity index (χ1) is 7.02. The van der Waals surface area contributed by atoms with E-state index in [2.05, 4.69) is 16.1 Å². The molecule has 0 aliphatic rings. The van der Waals surface area contributed by atoms with E-state index in [-0.39, 0.29) is 5.92 Å². The van der Waals surface area contributed by atoms with Gasteiger partial charge in [0.1, 0.15) is 6.04 Å². The van der Waals surface area contributed by atoms with Gasteiger partial charge in [-0.2, -0.15) is 11.3 Å². The minimum absolute atomic E-state index is 0.0986. The second-order valence-corrected chi connectivity index (χ2v) is 4.76. The predicted octanol–water partition coefficient (Wildman–Crippen LogP) is 2.26. The van der Waals surface area contributed by atoms with Crippen molar-refractivity contribution < 1.29 is 9.90 Å². The summed E-state index contributed by atoms with van der Waals surface area (Å²) in [6, 6.07) is -0.468. The van der Waals surface area contributed by atoms with Gasteiger partial charge in [-0.3, -0.25) is 4.79 Å². The minimum atomic E-state index is -0.780. The standard InChI is InChI=1S/C11H17NO2S/c1-7(2)10(11(13)14)12-4-9-6-15-5-8(9)3/h5-7,10,12H,4H2,1-3H3,(H,13,14). The van der Waals surface area contributed by atoms with Gasteiger partial charge >= 0.3 is 5.97 Å². The number of nitrogens with one attached hydrogen (secondary N) is 1. The van der Waals surface area contributed by atoms with E-state index in [1.165, 1.54) is 11.1 Å². The van der Waals surface area contributed by atoms with Crippen LogP contribution in [0.5, 0.6) is 0 Å². The molecule has 2 N–H and O–H groups in total. The molecule has 1 aromatic heterocycles. The van der Waals surface area contributed by atoms with Crippen LogP contribution in [0.4, 0.5) is 0 Å². The molecule has 0 spiro atoms. The SMILES string of the molecule is Cc1cscc1CNC(C(=O)O)C(C)C. The first-order valence-corrected chi connectivity index (χ1v) is 5.94. The van der Waals surface area contributed by atoms with Crippen molar-refractivity contribution in [1.29, 1.82) is 0 Å². The third kappa shape index (κ3) is 3.32. The number of thiophene rings is 1. The monoisotopic (exact) mass is 227 g/mol. The highest BCUT2D eigenvalue weighted by Crippen LogP contribution is 2.14. The van der Waals surface area contributed by atoms with Gasteiger partial charge in [-0.1, -0.05) is 13.8 Å². The second kappa shape index (κ2) is 5.28. The molecule has 1 heterocycles. The Morgan fingerprint density at radius 2 is 2.20 bits per heavy atom. The Hall–Kier alpha value is -0.870. The number of rotatable bonds is 5. The molecule has 0 aliphatic carbocycles. The Balaban J connectivity index is 2.55. The molecular formula is C11H17NO2S. The Labute approximate surface area is 94.1 Å². The van der Waals surface area contributed by atoms with Crippen LogP contribution < -0.4 is 5.32 Å². The molecule has 3 nitrogen and oxygen atoms in total. The summed E-state index contributed by atoms with van der Waals surface area (Å²) in [5.74, 6) is -0.681. The van der Waals surface area contributed by atoms with Crippen molar-refractivity contribution in [2.75, 3.05) is 0 Å². The zero-order valence-corrected chi connectivity index (χ0v) is 10.1. The van der Waals surface area contributed by atoms with Crippen molar-refractivity contribution in [3.8, 4) is 0 Å². The second-order valence-electron chi connectivity index (χ2n) is 4.02. The maximum atomic E-state index is 10.9. The van der Waals surface area contributed by atoms with Crippen molar-refractivity contribution in [2.24, 2.45) is 5.92 Å². The Kier molecular flexibility index (Phi) is 4.29. The highest BCUT2D eigenvalue weighted by molar-refractivity contribution is 7.08. The summed E-state index contributed by atoms with van der Waals surface area (Å²) >= 11 is 1.65. The lowest BCUT2D eigenvalue weighted by atomic mass is 10.0. The first kappa shape index (κ1) is 12.2. The molecule has 1 rings (SSSR count). The van der Waals surface area contributed by atoms with Crippen LogP contribution in [0.15, 0.2) is 10.8 Å². The number of carboxylic acids is 1. The van der Waals surface area contributed by atoms with E-state index in [1.54, 1.807) is 11.3 Å². The van der Waals surface area contributed by atoms with Crippen molar-refractivity contribution in [3.63, 3.8) is 0 Å². The molecule has 0 radical (unpaired) electrons. The summed E-state index contributed by atoms with van der Waals surface area (Å²) in [6.45, 7) is 6.49. The van der Waals surface area contributed by atoms with Crippen LogP contribution in [0, 0.1) is 12.8 Å². The largest absolute Gasteiger partial charge is 0.480 e. The van der Waals surface area contributed by atoms with Crippen LogP contribution in [0.3, 0.4) is 0 Å². The Morgan fingerprint density at radius 1 is 1.53 bits per heavy atom. The maximum absolute atomic E-state index is 10.9. The number of carbonyl (C=O) groups is 1.